The largest absolute Gasteiger partial charge is 0.352 e. The van der Waals surface area contributed by atoms with Crippen molar-refractivity contribution in [2.45, 2.75) is 63.6 Å². The first-order chi connectivity index (χ1) is 18.3. The maximum Gasteiger partial charge on any atom is 0.243 e. The predicted molar refractivity (Wildman–Crippen MR) is 156 cm³/mol. The lowest BCUT2D eigenvalue weighted by atomic mass is 9.94. The van der Waals surface area contributed by atoms with Crippen molar-refractivity contribution in [2.24, 2.45) is 0 Å². The first-order valence-electron chi connectivity index (χ1n) is 12.8. The van der Waals surface area contributed by atoms with Crippen LogP contribution in [0.15, 0.2) is 66.7 Å². The number of carbonyl (C=O) groups excluding carboxylic acids is 2. The molecule has 1 fully saturated rings. The molecule has 0 unspecified atom stereocenters. The Kier molecular flexibility index (Phi) is 10.4. The second kappa shape index (κ2) is 13.7. The van der Waals surface area contributed by atoms with Crippen molar-refractivity contribution in [2.75, 3.05) is 0 Å². The molecule has 3 aromatic carbocycles. The van der Waals surface area contributed by atoms with E-state index < -0.39 is 6.04 Å². The van der Waals surface area contributed by atoms with Gasteiger partial charge in [0, 0.05) is 39.1 Å². The lowest BCUT2D eigenvalue weighted by Gasteiger charge is -2.34. The van der Waals surface area contributed by atoms with Crippen molar-refractivity contribution < 1.29 is 9.59 Å². The third-order valence-corrected chi connectivity index (χ3v) is 8.11. The van der Waals surface area contributed by atoms with E-state index in [0.717, 1.165) is 31.2 Å². The number of hydrogen-bond donors (Lipinski definition) is 1. The summed E-state index contributed by atoms with van der Waals surface area (Å²) in [5.41, 5.74) is 2.30. The summed E-state index contributed by atoms with van der Waals surface area (Å²) in [5.74, 6) is -0.402. The van der Waals surface area contributed by atoms with E-state index in [0.29, 0.717) is 37.6 Å². The number of rotatable bonds is 9. The molecule has 0 saturated heterocycles. The Labute approximate surface area is 244 Å². The summed E-state index contributed by atoms with van der Waals surface area (Å²) in [4.78, 5) is 29.4. The van der Waals surface area contributed by atoms with Crippen LogP contribution in [0.1, 0.15) is 48.8 Å². The number of benzene rings is 3. The second-order valence-electron chi connectivity index (χ2n) is 9.72. The van der Waals surface area contributed by atoms with E-state index >= 15 is 0 Å². The number of carbonyl (C=O) groups is 2. The van der Waals surface area contributed by atoms with Gasteiger partial charge in [0.15, 0.2) is 0 Å². The van der Waals surface area contributed by atoms with Crippen molar-refractivity contribution in [1.29, 1.82) is 0 Å². The highest BCUT2D eigenvalue weighted by Gasteiger charge is 2.32. The van der Waals surface area contributed by atoms with Gasteiger partial charge in [0.05, 0.1) is 6.42 Å². The average Bonchev–Trinajstić information content (AvgIpc) is 2.90. The lowest BCUT2D eigenvalue weighted by Crippen LogP contribution is -2.53. The molecule has 1 N–H and O–H groups in total. The fraction of sp³-hybridized carbons (Fsp3) is 0.333. The number of nitrogens with one attached hydrogen (secondary N) is 1. The highest BCUT2D eigenvalue weighted by atomic mass is 35.5. The number of nitrogens with zero attached hydrogens (tertiary/aromatic N) is 1. The SMILES string of the molecule is O=C(NC1CCCCC1)[C@@H](Cc1ccccc1)N(Cc1ccc(Cl)cc1Cl)C(=O)Cc1ccc(Cl)cc1Cl. The van der Waals surface area contributed by atoms with Crippen molar-refractivity contribution >= 4 is 58.2 Å². The Morgan fingerprint density at radius 2 is 1.42 bits per heavy atom. The Hall–Kier alpha value is -2.24. The van der Waals surface area contributed by atoms with Crippen LogP contribution in [0.5, 0.6) is 0 Å². The molecule has 8 heteroatoms. The van der Waals surface area contributed by atoms with Crippen LogP contribution in [0, 0.1) is 0 Å². The Bertz CT molecular complexity index is 1260. The molecular formula is C30H30Cl4N2O2. The van der Waals surface area contributed by atoms with Crippen molar-refractivity contribution in [1.82, 2.24) is 10.2 Å². The molecule has 4 nitrogen and oxygen atoms in total. The minimum absolute atomic E-state index is 0.0171. The monoisotopic (exact) mass is 590 g/mol. The van der Waals surface area contributed by atoms with E-state index in [2.05, 4.69) is 5.32 Å². The zero-order valence-electron chi connectivity index (χ0n) is 20.9. The summed E-state index contributed by atoms with van der Waals surface area (Å²) < 4.78 is 0. The molecule has 0 bridgehead atoms. The van der Waals surface area contributed by atoms with Crippen LogP contribution in [-0.2, 0) is 29.0 Å². The minimum Gasteiger partial charge on any atom is -0.352 e. The lowest BCUT2D eigenvalue weighted by molar-refractivity contribution is -0.141. The van der Waals surface area contributed by atoms with Crippen molar-refractivity contribution in [3.05, 3.63) is 104 Å². The van der Waals surface area contributed by atoms with Crippen LogP contribution in [0.3, 0.4) is 0 Å². The van der Waals surface area contributed by atoms with E-state index in [-0.39, 0.29) is 30.8 Å². The van der Waals surface area contributed by atoms with Gasteiger partial charge in [-0.25, -0.2) is 0 Å². The summed E-state index contributed by atoms with van der Waals surface area (Å²) in [6.07, 6.45) is 5.64. The van der Waals surface area contributed by atoms with Gasteiger partial charge < -0.3 is 10.2 Å². The van der Waals surface area contributed by atoms with Crippen LogP contribution < -0.4 is 5.32 Å². The fourth-order valence-electron chi connectivity index (χ4n) is 4.86. The van der Waals surface area contributed by atoms with E-state index in [1.165, 1.54) is 6.42 Å². The van der Waals surface area contributed by atoms with Gasteiger partial charge in [-0.15, -0.1) is 0 Å². The molecule has 2 amide bonds. The zero-order valence-corrected chi connectivity index (χ0v) is 24.0. The van der Waals surface area contributed by atoms with E-state index in [1.807, 2.05) is 30.3 Å². The smallest absolute Gasteiger partial charge is 0.243 e. The van der Waals surface area contributed by atoms with E-state index in [9.17, 15) is 9.59 Å². The molecule has 1 aliphatic rings. The van der Waals surface area contributed by atoms with Gasteiger partial charge in [-0.1, -0.05) is 108 Å². The van der Waals surface area contributed by atoms with E-state index in [4.69, 9.17) is 46.4 Å². The predicted octanol–water partition coefficient (Wildman–Crippen LogP) is 7.93. The van der Waals surface area contributed by atoms with Gasteiger partial charge in [-0.05, 0) is 53.8 Å². The highest BCUT2D eigenvalue weighted by molar-refractivity contribution is 6.35. The summed E-state index contributed by atoms with van der Waals surface area (Å²) in [7, 11) is 0. The van der Waals surface area contributed by atoms with Crippen molar-refractivity contribution in [3.63, 3.8) is 0 Å². The fourth-order valence-corrected chi connectivity index (χ4v) is 5.80. The maximum absolute atomic E-state index is 13.9. The second-order valence-corrected chi connectivity index (χ2v) is 11.4. The quantitative estimate of drug-likeness (QED) is 0.275. The topological polar surface area (TPSA) is 49.4 Å². The Balaban J connectivity index is 1.69. The van der Waals surface area contributed by atoms with Crippen LogP contribution >= 0.6 is 46.4 Å². The molecule has 0 spiro atoms. The van der Waals surface area contributed by atoms with Crippen molar-refractivity contribution in [3.8, 4) is 0 Å². The zero-order chi connectivity index (χ0) is 27.1. The highest BCUT2D eigenvalue weighted by Crippen LogP contribution is 2.27. The Morgan fingerprint density at radius 3 is 2.03 bits per heavy atom. The van der Waals surface area contributed by atoms with Gasteiger partial charge in [-0.3, -0.25) is 9.59 Å². The van der Waals surface area contributed by atoms with Gasteiger partial charge in [-0.2, -0.15) is 0 Å². The molecule has 0 radical (unpaired) electrons. The summed E-state index contributed by atoms with van der Waals surface area (Å²) in [6, 6.07) is 19.3. The minimum atomic E-state index is -0.746. The molecule has 4 rings (SSSR count). The number of hydrogen-bond acceptors (Lipinski definition) is 2. The molecule has 1 saturated carbocycles. The molecule has 1 atom stereocenters. The summed E-state index contributed by atoms with van der Waals surface area (Å²) in [6.45, 7) is 0.148. The molecule has 1 aliphatic carbocycles. The Morgan fingerprint density at radius 1 is 0.816 bits per heavy atom. The molecule has 3 aromatic rings. The van der Waals surface area contributed by atoms with Crippen LogP contribution in [-0.4, -0.2) is 28.8 Å². The third-order valence-electron chi connectivity index (χ3n) is 6.94. The summed E-state index contributed by atoms with van der Waals surface area (Å²) in [5, 5.41) is 5.07. The van der Waals surface area contributed by atoms with Crippen LogP contribution in [0.4, 0.5) is 0 Å². The molecule has 38 heavy (non-hydrogen) atoms. The first-order valence-corrected chi connectivity index (χ1v) is 14.3. The van der Waals surface area contributed by atoms with Crippen LogP contribution in [0.2, 0.25) is 20.1 Å². The molecule has 0 aliphatic heterocycles. The van der Waals surface area contributed by atoms with Gasteiger partial charge in [0.25, 0.3) is 0 Å². The standard InChI is InChI=1S/C30H30Cl4N2O2/c31-23-13-11-21(26(33)17-23)16-29(37)36(19-22-12-14-24(32)18-27(22)34)28(15-20-7-3-1-4-8-20)30(38)35-25-9-5-2-6-10-25/h1,3-4,7-8,11-14,17-18,25,28H,2,5-6,9-10,15-16,19H2,(H,35,38)/t28-/m1/s1. The number of halogens is 4. The molecule has 0 heterocycles. The third kappa shape index (κ3) is 7.89. The molecule has 0 aromatic heterocycles. The maximum atomic E-state index is 13.9. The van der Waals surface area contributed by atoms with Crippen LogP contribution in [0.25, 0.3) is 0 Å². The average molecular weight is 592 g/mol. The normalized spacial score (nSPS) is 14.6. The first kappa shape index (κ1) is 28.8. The van der Waals surface area contributed by atoms with E-state index in [1.54, 1.807) is 41.3 Å². The van der Waals surface area contributed by atoms with Gasteiger partial charge >= 0.3 is 0 Å². The van der Waals surface area contributed by atoms with Gasteiger partial charge in [0.1, 0.15) is 6.04 Å². The molecular weight excluding hydrogens is 562 g/mol. The molecule has 200 valence electrons. The van der Waals surface area contributed by atoms with Gasteiger partial charge in [0.2, 0.25) is 11.8 Å². The summed E-state index contributed by atoms with van der Waals surface area (Å²) >= 11 is 25.1. The number of amides is 2.